The zero-order valence-corrected chi connectivity index (χ0v) is 44.2. The van der Waals surface area contributed by atoms with Gasteiger partial charge in [0.2, 0.25) is 0 Å². The number of hydrogen-bond acceptors (Lipinski definition) is 4. The molecule has 9 aromatic carbocycles. The second kappa shape index (κ2) is 18.7. The van der Waals surface area contributed by atoms with E-state index in [1.54, 1.807) is 0 Å². The number of aromatic nitrogens is 2. The maximum atomic E-state index is 6.92. The molecule has 3 heterocycles. The van der Waals surface area contributed by atoms with E-state index in [2.05, 4.69) is 282 Å². The van der Waals surface area contributed by atoms with Gasteiger partial charge in [0.05, 0.1) is 28.1 Å². The van der Waals surface area contributed by atoms with Crippen LogP contribution < -0.4 is 14.5 Å². The summed E-state index contributed by atoms with van der Waals surface area (Å²) < 4.78 is 9.22. The van der Waals surface area contributed by atoms with Crippen molar-refractivity contribution in [2.75, 3.05) is 16.5 Å². The maximum absolute atomic E-state index is 6.92. The average Bonchev–Trinajstić information content (AvgIpc) is 4.00. The SMILES string of the molecule is Cc1ccc(-c2cnc(-n3c4ccc(C(C)(C)C)cc4c4ccc(Oc5cccc(N6CN(c7c(-c8ccc(C(C)(C)C)cc8)cccc7-c7cccc(-c8ccccc8)c7)c7ccccc76)c5)cc43)cc2C)cc1. The molecule has 0 atom stereocenters. The summed E-state index contributed by atoms with van der Waals surface area (Å²) in [4.78, 5) is 10.1. The van der Waals surface area contributed by atoms with Gasteiger partial charge in [-0.05, 0) is 130 Å². The number of fused-ring (bicyclic) bond motifs is 4. The van der Waals surface area contributed by atoms with E-state index in [4.69, 9.17) is 9.72 Å². The Bertz CT molecular complexity index is 3930. The lowest BCUT2D eigenvalue weighted by molar-refractivity contribution is 0.483. The molecule has 1 aliphatic rings. The summed E-state index contributed by atoms with van der Waals surface area (Å²) in [5, 5.41) is 2.35. The Kier molecular flexibility index (Phi) is 11.8. The van der Waals surface area contributed by atoms with E-state index < -0.39 is 0 Å². The van der Waals surface area contributed by atoms with Crippen molar-refractivity contribution in [3.05, 3.63) is 241 Å². The summed E-state index contributed by atoms with van der Waals surface area (Å²) in [5.74, 6) is 2.39. The second-order valence-corrected chi connectivity index (χ2v) is 22.3. The van der Waals surface area contributed by atoms with Gasteiger partial charge in [0.1, 0.15) is 24.0 Å². The van der Waals surface area contributed by atoms with Crippen LogP contribution in [0.3, 0.4) is 0 Å². The number of hydrogen-bond donors (Lipinski definition) is 0. The number of para-hydroxylation sites is 3. The third kappa shape index (κ3) is 8.93. The topological polar surface area (TPSA) is 33.5 Å². The smallest absolute Gasteiger partial charge is 0.137 e. The normalized spacial score (nSPS) is 12.7. The van der Waals surface area contributed by atoms with Gasteiger partial charge in [-0.3, -0.25) is 4.57 Å². The predicted molar refractivity (Wildman–Crippen MR) is 316 cm³/mol. The quantitative estimate of drug-likeness (QED) is 0.144. The molecule has 1 aliphatic heterocycles. The fraction of sp³-hybridized carbons (Fsp3) is 0.157. The van der Waals surface area contributed by atoms with Crippen LogP contribution in [0.25, 0.3) is 72.1 Å². The average molecular weight is 975 g/mol. The summed E-state index contributed by atoms with van der Waals surface area (Å²) in [5.41, 5.74) is 21.1. The summed E-state index contributed by atoms with van der Waals surface area (Å²) in [6.45, 7) is 18.5. The summed E-state index contributed by atoms with van der Waals surface area (Å²) in [7, 11) is 0. The van der Waals surface area contributed by atoms with Crippen molar-refractivity contribution < 1.29 is 4.74 Å². The molecule has 0 bridgehead atoms. The van der Waals surface area contributed by atoms with Crippen LogP contribution in [0.15, 0.2) is 219 Å². The highest BCUT2D eigenvalue weighted by Gasteiger charge is 2.32. The molecule has 0 spiro atoms. The van der Waals surface area contributed by atoms with Crippen molar-refractivity contribution in [3.63, 3.8) is 0 Å². The lowest BCUT2D eigenvalue weighted by Crippen LogP contribution is -2.25. The molecule has 75 heavy (non-hydrogen) atoms. The predicted octanol–water partition coefficient (Wildman–Crippen LogP) is 19.1. The van der Waals surface area contributed by atoms with E-state index in [0.717, 1.165) is 56.4 Å². The van der Waals surface area contributed by atoms with Crippen molar-refractivity contribution in [1.82, 2.24) is 9.55 Å². The third-order valence-corrected chi connectivity index (χ3v) is 15.1. The number of ether oxygens (including phenoxy) is 1. The van der Waals surface area contributed by atoms with Crippen molar-refractivity contribution in [2.45, 2.75) is 66.2 Å². The molecule has 5 heteroatoms. The maximum Gasteiger partial charge on any atom is 0.137 e. The van der Waals surface area contributed by atoms with Gasteiger partial charge in [-0.1, -0.05) is 187 Å². The van der Waals surface area contributed by atoms with E-state index in [-0.39, 0.29) is 10.8 Å². The zero-order valence-electron chi connectivity index (χ0n) is 44.2. The van der Waals surface area contributed by atoms with Crippen LogP contribution in [-0.2, 0) is 10.8 Å². The molecular formula is C70H62N4O. The van der Waals surface area contributed by atoms with Crippen molar-refractivity contribution >= 4 is 44.6 Å². The standard InChI is InChI=1S/C70H62N4O/c1-46-27-29-50(30-28-46)62-44-71-67(39-47(62)2)74-63-38-35-54(70(6,7)8)41-61(63)60-37-36-57(43-66(60)74)75-56-22-15-21-55(42-56)72-45-73(65-26-13-12-25-64(65)72)68-58(49-31-33-53(34-32-49)69(3,4)5)23-16-24-59(68)52-20-14-19-51(40-52)48-17-10-9-11-18-48/h9-44H,45H2,1-8H3. The number of nitrogens with zero attached hydrogens (tertiary/aromatic N) is 4. The molecule has 0 unspecified atom stereocenters. The number of pyridine rings is 1. The fourth-order valence-electron chi connectivity index (χ4n) is 10.9. The Morgan fingerprint density at radius 2 is 1.04 bits per heavy atom. The first-order valence-electron chi connectivity index (χ1n) is 26.2. The zero-order chi connectivity index (χ0) is 51.6. The molecule has 0 radical (unpaired) electrons. The van der Waals surface area contributed by atoms with Gasteiger partial charge >= 0.3 is 0 Å². The molecule has 0 N–H and O–H groups in total. The highest BCUT2D eigenvalue weighted by Crippen LogP contribution is 2.51. The van der Waals surface area contributed by atoms with Crippen LogP contribution in [-0.4, -0.2) is 16.2 Å². The summed E-state index contributed by atoms with van der Waals surface area (Å²) >= 11 is 0. The van der Waals surface area contributed by atoms with E-state index in [1.165, 1.54) is 72.3 Å². The van der Waals surface area contributed by atoms with Crippen LogP contribution in [0.2, 0.25) is 0 Å². The minimum atomic E-state index is -0.00732. The monoisotopic (exact) mass is 974 g/mol. The van der Waals surface area contributed by atoms with E-state index in [1.807, 2.05) is 6.20 Å². The molecule has 0 saturated carbocycles. The second-order valence-electron chi connectivity index (χ2n) is 22.3. The van der Waals surface area contributed by atoms with Crippen LogP contribution >= 0.6 is 0 Å². The lowest BCUT2D eigenvalue weighted by Gasteiger charge is -2.28. The molecule has 5 nitrogen and oxygen atoms in total. The minimum Gasteiger partial charge on any atom is -0.457 e. The van der Waals surface area contributed by atoms with Gasteiger partial charge in [0, 0.05) is 51.5 Å². The first-order chi connectivity index (χ1) is 36.2. The van der Waals surface area contributed by atoms with Gasteiger partial charge in [-0.15, -0.1) is 0 Å². The number of benzene rings is 9. The molecule has 0 saturated heterocycles. The molecule has 2 aromatic heterocycles. The summed E-state index contributed by atoms with van der Waals surface area (Å²) in [6, 6.07) is 77.2. The Morgan fingerprint density at radius 1 is 0.427 bits per heavy atom. The lowest BCUT2D eigenvalue weighted by atomic mass is 9.85. The van der Waals surface area contributed by atoms with Gasteiger partial charge < -0.3 is 14.5 Å². The molecule has 0 aliphatic carbocycles. The van der Waals surface area contributed by atoms with E-state index in [9.17, 15) is 0 Å². The van der Waals surface area contributed by atoms with E-state index >= 15 is 0 Å². The van der Waals surface area contributed by atoms with Crippen LogP contribution in [0, 0.1) is 13.8 Å². The van der Waals surface area contributed by atoms with Crippen LogP contribution in [0.1, 0.15) is 63.8 Å². The van der Waals surface area contributed by atoms with Gasteiger partial charge in [-0.25, -0.2) is 4.98 Å². The largest absolute Gasteiger partial charge is 0.457 e. The Hall–Kier alpha value is -8.67. The number of aryl methyl sites for hydroxylation is 2. The van der Waals surface area contributed by atoms with Gasteiger partial charge in [-0.2, -0.15) is 0 Å². The van der Waals surface area contributed by atoms with Crippen LogP contribution in [0.4, 0.5) is 22.7 Å². The van der Waals surface area contributed by atoms with Gasteiger partial charge in [0.15, 0.2) is 0 Å². The molecule has 11 aromatic rings. The fourth-order valence-corrected chi connectivity index (χ4v) is 10.9. The van der Waals surface area contributed by atoms with Crippen molar-refractivity contribution in [3.8, 4) is 61.8 Å². The molecular weight excluding hydrogens is 913 g/mol. The number of anilines is 4. The Balaban J connectivity index is 0.928. The Morgan fingerprint density at radius 3 is 1.77 bits per heavy atom. The third-order valence-electron chi connectivity index (χ3n) is 15.1. The minimum absolute atomic E-state index is 0.00732. The molecule has 0 amide bonds. The molecule has 0 fully saturated rings. The van der Waals surface area contributed by atoms with E-state index in [0.29, 0.717) is 6.67 Å². The number of rotatable bonds is 9. The van der Waals surface area contributed by atoms with Crippen LogP contribution in [0.5, 0.6) is 11.5 Å². The Labute approximate surface area is 442 Å². The van der Waals surface area contributed by atoms with Crippen molar-refractivity contribution in [1.29, 1.82) is 0 Å². The van der Waals surface area contributed by atoms with Gasteiger partial charge in [0.25, 0.3) is 0 Å². The molecule has 12 rings (SSSR count). The highest BCUT2D eigenvalue weighted by molar-refractivity contribution is 6.10. The first-order valence-corrected chi connectivity index (χ1v) is 26.2. The first kappa shape index (κ1) is 47.3. The molecule has 368 valence electrons. The summed E-state index contributed by atoms with van der Waals surface area (Å²) in [6.07, 6.45) is 2.02. The highest BCUT2D eigenvalue weighted by atomic mass is 16.5. The van der Waals surface area contributed by atoms with Crippen molar-refractivity contribution in [2.24, 2.45) is 0 Å².